The highest BCUT2D eigenvalue weighted by molar-refractivity contribution is 5.94. The largest absolute Gasteiger partial charge is 0.417 e. The van der Waals surface area contributed by atoms with E-state index in [1.54, 1.807) is 29.4 Å². The number of pyridine rings is 2. The van der Waals surface area contributed by atoms with Gasteiger partial charge in [-0.3, -0.25) is 9.78 Å². The third-order valence-corrected chi connectivity index (χ3v) is 4.11. The van der Waals surface area contributed by atoms with Crippen molar-refractivity contribution in [3.8, 4) is 0 Å². The van der Waals surface area contributed by atoms with Crippen molar-refractivity contribution in [2.24, 2.45) is 0 Å². The van der Waals surface area contributed by atoms with Gasteiger partial charge >= 0.3 is 6.18 Å². The zero-order chi connectivity index (χ0) is 17.9. The predicted octanol–water partition coefficient (Wildman–Crippen LogP) is 2.85. The molecule has 0 saturated carbocycles. The Morgan fingerprint density at radius 3 is 2.40 bits per heavy atom. The Kier molecular flexibility index (Phi) is 4.87. The van der Waals surface area contributed by atoms with E-state index >= 15 is 0 Å². The second kappa shape index (κ2) is 7.08. The van der Waals surface area contributed by atoms with Crippen LogP contribution in [-0.2, 0) is 6.18 Å². The minimum absolute atomic E-state index is 0.0652. The third kappa shape index (κ3) is 4.07. The second-order valence-electron chi connectivity index (χ2n) is 5.77. The molecule has 1 aliphatic rings. The molecule has 0 aromatic carbocycles. The van der Waals surface area contributed by atoms with Gasteiger partial charge in [-0.25, -0.2) is 4.98 Å². The van der Waals surface area contributed by atoms with Crippen molar-refractivity contribution < 1.29 is 18.0 Å². The highest BCUT2D eigenvalue weighted by atomic mass is 19.4. The summed E-state index contributed by atoms with van der Waals surface area (Å²) in [5.41, 5.74) is -0.184. The van der Waals surface area contributed by atoms with Crippen LogP contribution in [0.1, 0.15) is 22.3 Å². The first kappa shape index (κ1) is 17.2. The van der Waals surface area contributed by atoms with Gasteiger partial charge in [0.1, 0.15) is 5.82 Å². The number of hydrogen-bond donors (Lipinski definition) is 0. The van der Waals surface area contributed by atoms with Gasteiger partial charge in [0.25, 0.3) is 5.91 Å². The number of carbonyl (C=O) groups excluding carboxylic acids is 1. The molecule has 0 atom stereocenters. The molecule has 2 aromatic heterocycles. The molecule has 0 N–H and O–H groups in total. The minimum atomic E-state index is -4.39. The lowest BCUT2D eigenvalue weighted by Gasteiger charge is -2.23. The Hall–Kier alpha value is -2.64. The van der Waals surface area contributed by atoms with Gasteiger partial charge < -0.3 is 9.80 Å². The SMILES string of the molecule is O=C(c1ccncc1)N1CCCN(c2ccc(C(F)(F)F)cn2)CC1. The Bertz CT molecular complexity index is 719. The van der Waals surface area contributed by atoms with E-state index in [0.29, 0.717) is 37.6 Å². The van der Waals surface area contributed by atoms with Crippen LogP contribution < -0.4 is 4.90 Å². The van der Waals surface area contributed by atoms with Gasteiger partial charge in [-0.15, -0.1) is 0 Å². The first-order valence-electron chi connectivity index (χ1n) is 7.92. The van der Waals surface area contributed by atoms with Crippen molar-refractivity contribution in [3.05, 3.63) is 54.0 Å². The van der Waals surface area contributed by atoms with Gasteiger partial charge in [-0.05, 0) is 30.7 Å². The summed E-state index contributed by atoms with van der Waals surface area (Å²) >= 11 is 0. The van der Waals surface area contributed by atoms with E-state index in [1.165, 1.54) is 6.07 Å². The van der Waals surface area contributed by atoms with Gasteiger partial charge in [0.15, 0.2) is 0 Å². The maximum Gasteiger partial charge on any atom is 0.417 e. The maximum absolute atomic E-state index is 12.6. The average molecular weight is 350 g/mol. The van der Waals surface area contributed by atoms with Crippen LogP contribution in [0, 0.1) is 0 Å². The summed E-state index contributed by atoms with van der Waals surface area (Å²) in [6, 6.07) is 5.75. The molecule has 0 aliphatic carbocycles. The molecule has 0 spiro atoms. The molecule has 1 saturated heterocycles. The Balaban J connectivity index is 1.66. The fraction of sp³-hybridized carbons (Fsp3) is 0.353. The number of hydrogen-bond acceptors (Lipinski definition) is 4. The van der Waals surface area contributed by atoms with E-state index in [0.717, 1.165) is 18.7 Å². The first-order chi connectivity index (χ1) is 11.9. The highest BCUT2D eigenvalue weighted by Gasteiger charge is 2.31. The van der Waals surface area contributed by atoms with Crippen LogP contribution in [-0.4, -0.2) is 47.0 Å². The molecule has 1 amide bonds. The molecular formula is C17H17F3N4O. The van der Waals surface area contributed by atoms with Crippen molar-refractivity contribution >= 4 is 11.7 Å². The molecule has 5 nitrogen and oxygen atoms in total. The number of carbonyl (C=O) groups is 1. The van der Waals surface area contributed by atoms with Gasteiger partial charge in [-0.2, -0.15) is 13.2 Å². The van der Waals surface area contributed by atoms with Crippen molar-refractivity contribution in [1.82, 2.24) is 14.9 Å². The van der Waals surface area contributed by atoms with Crippen LogP contribution >= 0.6 is 0 Å². The number of rotatable bonds is 2. The standard InChI is InChI=1S/C17H17F3N4O/c18-17(19,20)14-2-3-15(22-12-14)23-8-1-9-24(11-10-23)16(25)13-4-6-21-7-5-13/h2-7,12H,1,8-11H2. The lowest BCUT2D eigenvalue weighted by molar-refractivity contribution is -0.137. The van der Waals surface area contributed by atoms with Gasteiger partial charge in [0.2, 0.25) is 0 Å². The molecule has 1 fully saturated rings. The van der Waals surface area contributed by atoms with E-state index in [4.69, 9.17) is 0 Å². The van der Waals surface area contributed by atoms with Crippen molar-refractivity contribution in [2.75, 3.05) is 31.1 Å². The summed E-state index contributed by atoms with van der Waals surface area (Å²) in [7, 11) is 0. The van der Waals surface area contributed by atoms with Crippen LogP contribution in [0.3, 0.4) is 0 Å². The molecule has 1 aliphatic heterocycles. The number of anilines is 1. The summed E-state index contributed by atoms with van der Waals surface area (Å²) in [5, 5.41) is 0. The summed E-state index contributed by atoms with van der Waals surface area (Å²) < 4.78 is 37.9. The Labute approximate surface area is 143 Å². The molecule has 8 heteroatoms. The predicted molar refractivity (Wildman–Crippen MR) is 86.2 cm³/mol. The quantitative estimate of drug-likeness (QED) is 0.836. The van der Waals surface area contributed by atoms with Crippen LogP contribution in [0.15, 0.2) is 42.9 Å². The van der Waals surface area contributed by atoms with Gasteiger partial charge in [0.05, 0.1) is 5.56 Å². The van der Waals surface area contributed by atoms with E-state index < -0.39 is 11.7 Å². The lowest BCUT2D eigenvalue weighted by atomic mass is 10.2. The monoisotopic (exact) mass is 350 g/mol. The Morgan fingerprint density at radius 2 is 1.76 bits per heavy atom. The highest BCUT2D eigenvalue weighted by Crippen LogP contribution is 2.29. The molecule has 2 aromatic rings. The molecule has 0 bridgehead atoms. The molecular weight excluding hydrogens is 333 g/mol. The smallest absolute Gasteiger partial charge is 0.355 e. The summed E-state index contributed by atoms with van der Waals surface area (Å²) in [6.07, 6.45) is 0.324. The van der Waals surface area contributed by atoms with E-state index in [-0.39, 0.29) is 5.91 Å². The minimum Gasteiger partial charge on any atom is -0.355 e. The van der Waals surface area contributed by atoms with E-state index in [1.807, 2.05) is 4.90 Å². The number of halogens is 3. The Morgan fingerprint density at radius 1 is 1.00 bits per heavy atom. The fourth-order valence-corrected chi connectivity index (χ4v) is 2.77. The third-order valence-electron chi connectivity index (χ3n) is 4.11. The molecule has 132 valence electrons. The zero-order valence-electron chi connectivity index (χ0n) is 13.4. The van der Waals surface area contributed by atoms with E-state index in [2.05, 4.69) is 9.97 Å². The lowest BCUT2D eigenvalue weighted by Crippen LogP contribution is -2.35. The summed E-state index contributed by atoms with van der Waals surface area (Å²) in [5.74, 6) is 0.427. The van der Waals surface area contributed by atoms with Crippen molar-refractivity contribution in [3.63, 3.8) is 0 Å². The van der Waals surface area contributed by atoms with Gasteiger partial charge in [-0.1, -0.05) is 0 Å². The van der Waals surface area contributed by atoms with Crippen LogP contribution in [0.2, 0.25) is 0 Å². The van der Waals surface area contributed by atoms with Crippen LogP contribution in [0.4, 0.5) is 19.0 Å². The van der Waals surface area contributed by atoms with Crippen molar-refractivity contribution in [1.29, 1.82) is 0 Å². The van der Waals surface area contributed by atoms with Gasteiger partial charge in [0, 0.05) is 50.3 Å². The van der Waals surface area contributed by atoms with Crippen molar-refractivity contribution in [2.45, 2.75) is 12.6 Å². The molecule has 0 unspecified atom stereocenters. The summed E-state index contributed by atoms with van der Waals surface area (Å²) in [6.45, 7) is 2.25. The second-order valence-corrected chi connectivity index (χ2v) is 5.77. The normalized spacial score (nSPS) is 15.8. The molecule has 3 rings (SSSR count). The summed E-state index contributed by atoms with van der Waals surface area (Å²) in [4.78, 5) is 24.0. The fourth-order valence-electron chi connectivity index (χ4n) is 2.77. The average Bonchev–Trinajstić information content (AvgIpc) is 2.87. The van der Waals surface area contributed by atoms with Crippen LogP contribution in [0.5, 0.6) is 0 Å². The number of aromatic nitrogens is 2. The number of nitrogens with zero attached hydrogens (tertiary/aromatic N) is 4. The van der Waals surface area contributed by atoms with Crippen LogP contribution in [0.25, 0.3) is 0 Å². The topological polar surface area (TPSA) is 49.3 Å². The number of amides is 1. The first-order valence-corrected chi connectivity index (χ1v) is 7.92. The molecule has 25 heavy (non-hydrogen) atoms. The molecule has 3 heterocycles. The maximum atomic E-state index is 12.6. The van der Waals surface area contributed by atoms with E-state index in [9.17, 15) is 18.0 Å². The zero-order valence-corrected chi connectivity index (χ0v) is 13.4. The molecule has 0 radical (unpaired) electrons. The number of alkyl halides is 3.